The first-order valence-corrected chi connectivity index (χ1v) is 8.81. The quantitative estimate of drug-likeness (QED) is 0.470. The molecular weight excluding hydrogens is 320 g/mol. The number of benzene rings is 1. The Labute approximate surface area is 149 Å². The number of ether oxygens (including phenoxy) is 1. The van der Waals surface area contributed by atoms with Crippen LogP contribution in [0.15, 0.2) is 18.2 Å². The fourth-order valence-electron chi connectivity index (χ4n) is 4.03. The summed E-state index contributed by atoms with van der Waals surface area (Å²) in [5.41, 5.74) is 1.63. The lowest BCUT2D eigenvalue weighted by Crippen LogP contribution is -2.35. The summed E-state index contributed by atoms with van der Waals surface area (Å²) in [7, 11) is 1.34. The molecule has 0 amide bonds. The zero-order valence-corrected chi connectivity index (χ0v) is 15.5. The molecule has 2 atom stereocenters. The van der Waals surface area contributed by atoms with E-state index < -0.39 is 0 Å². The lowest BCUT2D eigenvalue weighted by molar-refractivity contribution is -0.384. The van der Waals surface area contributed by atoms with Crippen LogP contribution in [-0.2, 0) is 16.0 Å². The Morgan fingerprint density at radius 3 is 2.72 bits per heavy atom. The molecule has 1 aromatic carbocycles. The van der Waals surface area contributed by atoms with Gasteiger partial charge >= 0.3 is 5.97 Å². The second kappa shape index (κ2) is 7.85. The molecule has 138 valence electrons. The Hall–Kier alpha value is -2.11. The fraction of sp³-hybridized carbons (Fsp3) is 0.632. The summed E-state index contributed by atoms with van der Waals surface area (Å²) in [6.45, 7) is 6.74. The third kappa shape index (κ3) is 5.44. The molecule has 1 aliphatic rings. The smallest absolute Gasteiger partial charge is 0.305 e. The SMILES string of the molecule is COC(=O)CCc1ccc(NC2CC(C)CC(C)(C)C2)c([N+](=O)[O-])c1. The van der Waals surface area contributed by atoms with Gasteiger partial charge in [-0.1, -0.05) is 26.8 Å². The number of anilines is 1. The summed E-state index contributed by atoms with van der Waals surface area (Å²) in [5, 5.41) is 14.9. The maximum Gasteiger partial charge on any atom is 0.305 e. The van der Waals surface area contributed by atoms with E-state index in [1.165, 1.54) is 13.5 Å². The van der Waals surface area contributed by atoms with Gasteiger partial charge in [0.1, 0.15) is 5.69 Å². The largest absolute Gasteiger partial charge is 0.469 e. The van der Waals surface area contributed by atoms with Crippen LogP contribution in [-0.4, -0.2) is 24.0 Å². The second-order valence-electron chi connectivity index (χ2n) is 7.94. The van der Waals surface area contributed by atoms with Crippen molar-refractivity contribution in [2.24, 2.45) is 11.3 Å². The average Bonchev–Trinajstić information content (AvgIpc) is 2.51. The molecular formula is C19H28N2O4. The zero-order chi connectivity index (χ0) is 18.6. The number of esters is 1. The third-order valence-corrected chi connectivity index (χ3v) is 4.85. The molecule has 2 unspecified atom stereocenters. The van der Waals surface area contributed by atoms with E-state index in [4.69, 9.17) is 0 Å². The van der Waals surface area contributed by atoms with Crippen LogP contribution in [0.5, 0.6) is 0 Å². The molecule has 1 aliphatic carbocycles. The van der Waals surface area contributed by atoms with Gasteiger partial charge in [-0.2, -0.15) is 0 Å². The second-order valence-corrected chi connectivity index (χ2v) is 7.94. The molecule has 0 aromatic heterocycles. The summed E-state index contributed by atoms with van der Waals surface area (Å²) in [6.07, 6.45) is 3.85. The van der Waals surface area contributed by atoms with Crippen molar-refractivity contribution in [2.45, 2.75) is 58.9 Å². The Balaban J connectivity index is 2.14. The van der Waals surface area contributed by atoms with Crippen molar-refractivity contribution in [3.05, 3.63) is 33.9 Å². The van der Waals surface area contributed by atoms with Crippen LogP contribution in [0.2, 0.25) is 0 Å². The number of rotatable bonds is 6. The van der Waals surface area contributed by atoms with E-state index >= 15 is 0 Å². The molecule has 1 fully saturated rings. The van der Waals surface area contributed by atoms with Crippen molar-refractivity contribution in [3.63, 3.8) is 0 Å². The molecule has 1 saturated carbocycles. The summed E-state index contributed by atoms with van der Waals surface area (Å²) in [4.78, 5) is 22.4. The first-order valence-electron chi connectivity index (χ1n) is 8.81. The monoisotopic (exact) mass is 348 g/mol. The Bertz CT molecular complexity index is 642. The van der Waals surface area contributed by atoms with Crippen LogP contribution >= 0.6 is 0 Å². The maximum absolute atomic E-state index is 11.5. The van der Waals surface area contributed by atoms with E-state index in [-0.39, 0.29) is 34.5 Å². The van der Waals surface area contributed by atoms with Gasteiger partial charge in [0.05, 0.1) is 12.0 Å². The minimum Gasteiger partial charge on any atom is -0.469 e. The first-order chi connectivity index (χ1) is 11.7. The number of nitrogens with zero attached hydrogens (tertiary/aromatic N) is 1. The number of nitro benzene ring substituents is 1. The molecule has 0 spiro atoms. The molecule has 6 nitrogen and oxygen atoms in total. The Morgan fingerprint density at radius 1 is 1.40 bits per heavy atom. The van der Waals surface area contributed by atoms with Gasteiger partial charge in [-0.3, -0.25) is 14.9 Å². The number of methoxy groups -OCH3 is 1. The van der Waals surface area contributed by atoms with E-state index in [1.54, 1.807) is 12.1 Å². The van der Waals surface area contributed by atoms with Crippen LogP contribution in [0.25, 0.3) is 0 Å². The van der Waals surface area contributed by atoms with Crippen molar-refractivity contribution < 1.29 is 14.5 Å². The van der Waals surface area contributed by atoms with Crippen molar-refractivity contribution in [1.29, 1.82) is 0 Å². The molecule has 0 radical (unpaired) electrons. The number of carbonyl (C=O) groups excluding carboxylic acids is 1. The average molecular weight is 348 g/mol. The standard InChI is InChI=1S/C19H28N2O4/c1-13-9-15(12-19(2,3)11-13)20-16-7-5-14(6-8-18(22)25-4)10-17(16)21(23)24/h5,7,10,13,15,20H,6,8-9,11-12H2,1-4H3. The van der Waals surface area contributed by atoms with Crippen molar-refractivity contribution in [1.82, 2.24) is 0 Å². The summed E-state index contributed by atoms with van der Waals surface area (Å²) < 4.78 is 4.62. The molecule has 0 bridgehead atoms. The van der Waals surface area contributed by atoms with Crippen molar-refractivity contribution in [2.75, 3.05) is 12.4 Å². The zero-order valence-electron chi connectivity index (χ0n) is 15.5. The highest BCUT2D eigenvalue weighted by Crippen LogP contribution is 2.40. The minimum absolute atomic E-state index is 0.0680. The highest BCUT2D eigenvalue weighted by Gasteiger charge is 2.32. The van der Waals surface area contributed by atoms with E-state index in [2.05, 4.69) is 30.8 Å². The molecule has 0 aliphatic heterocycles. The van der Waals surface area contributed by atoms with Gasteiger partial charge in [-0.05, 0) is 48.6 Å². The number of hydrogen-bond acceptors (Lipinski definition) is 5. The Morgan fingerprint density at radius 2 is 2.12 bits per heavy atom. The van der Waals surface area contributed by atoms with Crippen molar-refractivity contribution in [3.8, 4) is 0 Å². The summed E-state index contributed by atoms with van der Waals surface area (Å²) in [5.74, 6) is 0.280. The maximum atomic E-state index is 11.5. The molecule has 25 heavy (non-hydrogen) atoms. The summed E-state index contributed by atoms with van der Waals surface area (Å²) >= 11 is 0. The van der Waals surface area contributed by atoms with E-state index in [0.29, 0.717) is 18.0 Å². The lowest BCUT2D eigenvalue weighted by atomic mass is 9.70. The van der Waals surface area contributed by atoms with Crippen molar-refractivity contribution >= 4 is 17.3 Å². The molecule has 2 rings (SSSR count). The van der Waals surface area contributed by atoms with Crippen LogP contribution in [0, 0.1) is 21.4 Å². The number of aryl methyl sites for hydroxylation is 1. The number of hydrogen-bond donors (Lipinski definition) is 1. The highest BCUT2D eigenvalue weighted by atomic mass is 16.6. The van der Waals surface area contributed by atoms with Gasteiger partial charge in [0.2, 0.25) is 0 Å². The van der Waals surface area contributed by atoms with E-state index in [1.807, 2.05) is 6.07 Å². The minimum atomic E-state index is -0.360. The number of nitrogens with one attached hydrogen (secondary N) is 1. The van der Waals surface area contributed by atoms with Gasteiger partial charge in [-0.15, -0.1) is 0 Å². The van der Waals surface area contributed by atoms with Gasteiger partial charge < -0.3 is 10.1 Å². The normalized spacial score (nSPS) is 22.2. The lowest BCUT2D eigenvalue weighted by Gasteiger charge is -2.39. The molecule has 1 aromatic rings. The number of carbonyl (C=O) groups is 1. The van der Waals surface area contributed by atoms with E-state index in [0.717, 1.165) is 18.4 Å². The van der Waals surface area contributed by atoms with Crippen LogP contribution in [0.3, 0.4) is 0 Å². The number of nitro groups is 1. The highest BCUT2D eigenvalue weighted by molar-refractivity contribution is 5.70. The fourth-order valence-corrected chi connectivity index (χ4v) is 4.03. The molecule has 1 N–H and O–H groups in total. The van der Waals surface area contributed by atoms with Gasteiger partial charge in [0, 0.05) is 18.5 Å². The molecule has 0 heterocycles. The topological polar surface area (TPSA) is 81.5 Å². The van der Waals surface area contributed by atoms with E-state index in [9.17, 15) is 14.9 Å². The summed E-state index contributed by atoms with van der Waals surface area (Å²) in [6, 6.07) is 5.40. The van der Waals surface area contributed by atoms with Crippen LogP contribution in [0.4, 0.5) is 11.4 Å². The Kier molecular flexibility index (Phi) is 6.03. The third-order valence-electron chi connectivity index (χ3n) is 4.85. The van der Waals surface area contributed by atoms with Gasteiger partial charge in [-0.25, -0.2) is 0 Å². The van der Waals surface area contributed by atoms with Gasteiger partial charge in [0.25, 0.3) is 5.69 Å². The predicted octanol–water partition coefficient (Wildman–Crippen LogP) is 4.33. The van der Waals surface area contributed by atoms with Crippen LogP contribution < -0.4 is 5.32 Å². The predicted molar refractivity (Wildman–Crippen MR) is 97.6 cm³/mol. The molecule has 6 heteroatoms. The first kappa shape index (κ1) is 19.2. The van der Waals surface area contributed by atoms with Crippen LogP contribution in [0.1, 0.15) is 52.0 Å². The van der Waals surface area contributed by atoms with Gasteiger partial charge in [0.15, 0.2) is 0 Å². The molecule has 0 saturated heterocycles.